The average Bonchev–Trinajstić information content (AvgIpc) is 3.14. The molecule has 0 saturated carbocycles. The molecular formula is C22H26ClN3O3. The van der Waals surface area contributed by atoms with Gasteiger partial charge in [0.2, 0.25) is 5.91 Å². The summed E-state index contributed by atoms with van der Waals surface area (Å²) in [7, 11) is 3.04. The van der Waals surface area contributed by atoms with Crippen LogP contribution in [0.4, 0.5) is 0 Å². The van der Waals surface area contributed by atoms with E-state index in [-0.39, 0.29) is 24.0 Å². The normalized spacial score (nSPS) is 19.1. The van der Waals surface area contributed by atoms with Gasteiger partial charge < -0.3 is 15.4 Å². The SMILES string of the molecule is CNC(=O)[C@@H]1C[C@@H](NCc2ccc(C(=O)OC)cc2)CN1Cc1cccc(Cl)c1. The molecule has 6 nitrogen and oxygen atoms in total. The van der Waals surface area contributed by atoms with E-state index >= 15 is 0 Å². The van der Waals surface area contributed by atoms with Crippen LogP contribution in [0.25, 0.3) is 0 Å². The van der Waals surface area contributed by atoms with Crippen molar-refractivity contribution in [1.29, 1.82) is 0 Å². The van der Waals surface area contributed by atoms with Crippen LogP contribution in [0.5, 0.6) is 0 Å². The molecule has 154 valence electrons. The first kappa shape index (κ1) is 21.3. The number of nitrogens with one attached hydrogen (secondary N) is 2. The van der Waals surface area contributed by atoms with Crippen LogP contribution in [-0.2, 0) is 22.6 Å². The minimum atomic E-state index is -0.342. The monoisotopic (exact) mass is 415 g/mol. The second kappa shape index (κ2) is 9.87. The molecule has 0 unspecified atom stereocenters. The van der Waals surface area contributed by atoms with Crippen LogP contribution >= 0.6 is 11.6 Å². The molecular weight excluding hydrogens is 390 g/mol. The highest BCUT2D eigenvalue weighted by Crippen LogP contribution is 2.22. The van der Waals surface area contributed by atoms with E-state index in [4.69, 9.17) is 16.3 Å². The number of nitrogens with zero attached hydrogens (tertiary/aromatic N) is 1. The maximum Gasteiger partial charge on any atom is 0.337 e. The highest BCUT2D eigenvalue weighted by Gasteiger charge is 2.36. The molecule has 1 saturated heterocycles. The molecule has 2 N–H and O–H groups in total. The van der Waals surface area contributed by atoms with Crippen molar-refractivity contribution in [3.63, 3.8) is 0 Å². The van der Waals surface area contributed by atoms with Gasteiger partial charge in [-0.1, -0.05) is 35.9 Å². The van der Waals surface area contributed by atoms with Crippen LogP contribution in [0, 0.1) is 0 Å². The van der Waals surface area contributed by atoms with Crippen molar-refractivity contribution in [1.82, 2.24) is 15.5 Å². The second-order valence-corrected chi connectivity index (χ2v) is 7.63. The van der Waals surface area contributed by atoms with Crippen LogP contribution in [0.2, 0.25) is 5.02 Å². The number of benzene rings is 2. The predicted molar refractivity (Wildman–Crippen MR) is 113 cm³/mol. The van der Waals surface area contributed by atoms with Crippen molar-refractivity contribution in [3.8, 4) is 0 Å². The highest BCUT2D eigenvalue weighted by molar-refractivity contribution is 6.30. The topological polar surface area (TPSA) is 70.7 Å². The summed E-state index contributed by atoms with van der Waals surface area (Å²) in [6.07, 6.45) is 0.737. The Balaban J connectivity index is 1.61. The van der Waals surface area contributed by atoms with E-state index in [1.54, 1.807) is 19.2 Å². The summed E-state index contributed by atoms with van der Waals surface area (Å²) in [6, 6.07) is 15.1. The number of hydrogen-bond donors (Lipinski definition) is 2. The number of methoxy groups -OCH3 is 1. The van der Waals surface area contributed by atoms with Gasteiger partial charge in [-0.15, -0.1) is 0 Å². The third-order valence-electron chi connectivity index (χ3n) is 5.20. The molecule has 3 rings (SSSR count). The van der Waals surface area contributed by atoms with Crippen molar-refractivity contribution >= 4 is 23.5 Å². The molecule has 7 heteroatoms. The number of likely N-dealkylation sites (tertiary alicyclic amines) is 1. The Morgan fingerprint density at radius 3 is 2.59 bits per heavy atom. The third kappa shape index (κ3) is 5.56. The molecule has 2 atom stereocenters. The standard InChI is InChI=1S/C22H26ClN3O3/c1-24-21(27)20-11-19(14-26(20)13-16-4-3-5-18(23)10-16)25-12-15-6-8-17(9-7-15)22(28)29-2/h3-10,19-20,25H,11-14H2,1-2H3,(H,24,27)/t19-,20+/m1/s1. The molecule has 1 aliphatic rings. The van der Waals surface area contributed by atoms with Gasteiger partial charge in [0, 0.05) is 37.7 Å². The Morgan fingerprint density at radius 1 is 1.17 bits per heavy atom. The van der Waals surface area contributed by atoms with Crippen LogP contribution in [0.1, 0.15) is 27.9 Å². The quantitative estimate of drug-likeness (QED) is 0.680. The smallest absolute Gasteiger partial charge is 0.337 e. The van der Waals surface area contributed by atoms with Crippen molar-refractivity contribution in [2.75, 3.05) is 20.7 Å². The van der Waals surface area contributed by atoms with Gasteiger partial charge in [-0.3, -0.25) is 9.69 Å². The molecule has 1 amide bonds. The van der Waals surface area contributed by atoms with E-state index in [1.807, 2.05) is 36.4 Å². The largest absolute Gasteiger partial charge is 0.465 e. The first-order valence-corrected chi connectivity index (χ1v) is 9.98. The lowest BCUT2D eigenvalue weighted by molar-refractivity contribution is -0.125. The molecule has 0 aromatic heterocycles. The average molecular weight is 416 g/mol. The second-order valence-electron chi connectivity index (χ2n) is 7.19. The van der Waals surface area contributed by atoms with E-state index in [1.165, 1.54) is 7.11 Å². The van der Waals surface area contributed by atoms with Crippen molar-refractivity contribution in [3.05, 3.63) is 70.2 Å². The first-order valence-electron chi connectivity index (χ1n) is 9.61. The Labute approximate surface area is 176 Å². The van der Waals surface area contributed by atoms with Crippen LogP contribution in [0.15, 0.2) is 48.5 Å². The number of amides is 1. The fourth-order valence-electron chi connectivity index (χ4n) is 3.67. The lowest BCUT2D eigenvalue weighted by atomic mass is 10.1. The number of hydrogen-bond acceptors (Lipinski definition) is 5. The summed E-state index contributed by atoms with van der Waals surface area (Å²) >= 11 is 6.10. The lowest BCUT2D eigenvalue weighted by Gasteiger charge is -2.23. The molecule has 1 aliphatic heterocycles. The number of esters is 1. The van der Waals surface area contributed by atoms with E-state index in [0.29, 0.717) is 23.7 Å². The Kier molecular flexibility index (Phi) is 7.25. The Hall–Kier alpha value is -2.41. The molecule has 1 heterocycles. The minimum absolute atomic E-state index is 0.0266. The maximum absolute atomic E-state index is 12.4. The van der Waals surface area contributed by atoms with Crippen LogP contribution in [0.3, 0.4) is 0 Å². The van der Waals surface area contributed by atoms with Gasteiger partial charge in [0.1, 0.15) is 0 Å². The summed E-state index contributed by atoms with van der Waals surface area (Å²) in [4.78, 5) is 26.1. The number of carbonyl (C=O) groups is 2. The van der Waals surface area contributed by atoms with Crippen molar-refractivity contribution in [2.45, 2.75) is 31.6 Å². The molecule has 0 radical (unpaired) electrons. The molecule has 29 heavy (non-hydrogen) atoms. The fraction of sp³-hybridized carbons (Fsp3) is 0.364. The van der Waals surface area contributed by atoms with Crippen molar-refractivity contribution in [2.24, 2.45) is 0 Å². The highest BCUT2D eigenvalue weighted by atomic mass is 35.5. The maximum atomic E-state index is 12.4. The summed E-state index contributed by atoms with van der Waals surface area (Å²) in [5.74, 6) is -0.316. The van der Waals surface area contributed by atoms with E-state index in [9.17, 15) is 9.59 Å². The zero-order valence-corrected chi connectivity index (χ0v) is 17.4. The van der Waals surface area contributed by atoms with Gasteiger partial charge >= 0.3 is 5.97 Å². The molecule has 0 bridgehead atoms. The zero-order valence-electron chi connectivity index (χ0n) is 16.7. The van der Waals surface area contributed by atoms with Gasteiger partial charge in [-0.2, -0.15) is 0 Å². The third-order valence-corrected chi connectivity index (χ3v) is 5.43. The summed E-state index contributed by atoms with van der Waals surface area (Å²) in [6.45, 7) is 2.10. The molecule has 2 aromatic carbocycles. The number of likely N-dealkylation sites (N-methyl/N-ethyl adjacent to an activating group) is 1. The van der Waals surface area contributed by atoms with Gasteiger partial charge in [0.05, 0.1) is 18.7 Å². The summed E-state index contributed by atoms with van der Waals surface area (Å²) in [5, 5.41) is 7.00. The molecule has 0 spiro atoms. The number of carbonyl (C=O) groups excluding carboxylic acids is 2. The predicted octanol–water partition coefficient (Wildman–Crippen LogP) is 2.61. The zero-order chi connectivity index (χ0) is 20.8. The summed E-state index contributed by atoms with van der Waals surface area (Å²) in [5.41, 5.74) is 2.69. The van der Waals surface area contributed by atoms with Gasteiger partial charge in [-0.05, 0) is 41.8 Å². The van der Waals surface area contributed by atoms with Gasteiger partial charge in [-0.25, -0.2) is 4.79 Å². The van der Waals surface area contributed by atoms with E-state index in [0.717, 1.165) is 24.1 Å². The number of ether oxygens (including phenoxy) is 1. The lowest BCUT2D eigenvalue weighted by Crippen LogP contribution is -2.41. The van der Waals surface area contributed by atoms with Gasteiger partial charge in [0.25, 0.3) is 0 Å². The number of halogens is 1. The number of rotatable bonds is 7. The Morgan fingerprint density at radius 2 is 1.93 bits per heavy atom. The minimum Gasteiger partial charge on any atom is -0.465 e. The van der Waals surface area contributed by atoms with E-state index in [2.05, 4.69) is 15.5 Å². The molecule has 2 aromatic rings. The van der Waals surface area contributed by atoms with Gasteiger partial charge in [0.15, 0.2) is 0 Å². The van der Waals surface area contributed by atoms with Crippen LogP contribution < -0.4 is 10.6 Å². The van der Waals surface area contributed by atoms with Crippen LogP contribution in [-0.4, -0.2) is 49.6 Å². The first-order chi connectivity index (χ1) is 14.0. The van der Waals surface area contributed by atoms with E-state index < -0.39 is 0 Å². The summed E-state index contributed by atoms with van der Waals surface area (Å²) < 4.78 is 4.72. The molecule has 1 fully saturated rings. The Bertz CT molecular complexity index is 857. The fourth-order valence-corrected chi connectivity index (χ4v) is 3.89. The molecule has 0 aliphatic carbocycles. The van der Waals surface area contributed by atoms with Crippen molar-refractivity contribution < 1.29 is 14.3 Å².